The number of nitrogens with one attached hydrogen (secondary N) is 1. The van der Waals surface area contributed by atoms with Gasteiger partial charge in [0.15, 0.2) is 11.6 Å². The third-order valence-corrected chi connectivity index (χ3v) is 3.76. The molecule has 0 aromatic carbocycles. The average molecular weight is 328 g/mol. The van der Waals surface area contributed by atoms with Gasteiger partial charge in [0.05, 0.1) is 12.7 Å². The van der Waals surface area contributed by atoms with Gasteiger partial charge in [-0.25, -0.2) is 9.97 Å². The zero-order chi connectivity index (χ0) is 16.9. The van der Waals surface area contributed by atoms with Gasteiger partial charge in [-0.1, -0.05) is 32.3 Å². The predicted octanol–water partition coefficient (Wildman–Crippen LogP) is 3.25. The molecule has 0 radical (unpaired) electrons. The normalized spacial score (nSPS) is 11.5. The summed E-state index contributed by atoms with van der Waals surface area (Å²) < 4.78 is 7.30. The van der Waals surface area contributed by atoms with Crippen molar-refractivity contribution in [2.75, 3.05) is 0 Å². The van der Waals surface area contributed by atoms with Crippen LogP contribution in [0.15, 0.2) is 23.1 Å². The van der Waals surface area contributed by atoms with E-state index in [0.717, 1.165) is 43.0 Å². The lowest BCUT2D eigenvalue weighted by molar-refractivity contribution is 0.358. The standard InChI is InChI=1S/C17H24N6O/c1-4-5-6-14-19-10-13(20-14)17-18-7-8-23(17)11-15-21-16(24-22-15)9-12(2)3/h7-8,10,12H,4-6,9,11H2,1-3H3,(H,19,20). The van der Waals surface area contributed by atoms with Gasteiger partial charge in [-0.3, -0.25) is 0 Å². The van der Waals surface area contributed by atoms with E-state index in [-0.39, 0.29) is 0 Å². The van der Waals surface area contributed by atoms with E-state index in [1.165, 1.54) is 0 Å². The lowest BCUT2D eigenvalue weighted by atomic mass is 10.1. The van der Waals surface area contributed by atoms with Crippen LogP contribution in [0.25, 0.3) is 11.5 Å². The first kappa shape index (κ1) is 16.4. The number of aryl methyl sites for hydroxylation is 1. The summed E-state index contributed by atoms with van der Waals surface area (Å²) in [6, 6.07) is 0. The van der Waals surface area contributed by atoms with Gasteiger partial charge in [0, 0.05) is 25.2 Å². The van der Waals surface area contributed by atoms with Crippen LogP contribution in [0.2, 0.25) is 0 Å². The summed E-state index contributed by atoms with van der Waals surface area (Å²) in [7, 11) is 0. The van der Waals surface area contributed by atoms with Crippen molar-refractivity contribution < 1.29 is 4.52 Å². The predicted molar refractivity (Wildman–Crippen MR) is 90.4 cm³/mol. The highest BCUT2D eigenvalue weighted by molar-refractivity contribution is 5.48. The molecule has 3 aromatic rings. The molecule has 128 valence electrons. The van der Waals surface area contributed by atoms with E-state index in [2.05, 4.69) is 45.9 Å². The van der Waals surface area contributed by atoms with Crippen molar-refractivity contribution in [2.45, 2.75) is 53.0 Å². The first-order chi connectivity index (χ1) is 11.7. The van der Waals surface area contributed by atoms with Gasteiger partial charge in [0.1, 0.15) is 11.5 Å². The van der Waals surface area contributed by atoms with Gasteiger partial charge in [0.25, 0.3) is 0 Å². The van der Waals surface area contributed by atoms with Crippen molar-refractivity contribution in [3.63, 3.8) is 0 Å². The molecule has 1 N–H and O–H groups in total. The van der Waals surface area contributed by atoms with Crippen molar-refractivity contribution in [1.29, 1.82) is 0 Å². The molecule has 0 aliphatic rings. The van der Waals surface area contributed by atoms with Crippen molar-refractivity contribution in [3.05, 3.63) is 36.1 Å². The Hall–Kier alpha value is -2.44. The van der Waals surface area contributed by atoms with Crippen LogP contribution in [0.3, 0.4) is 0 Å². The smallest absolute Gasteiger partial charge is 0.226 e. The van der Waals surface area contributed by atoms with Crippen LogP contribution >= 0.6 is 0 Å². The minimum Gasteiger partial charge on any atom is -0.339 e. The zero-order valence-corrected chi connectivity index (χ0v) is 14.5. The van der Waals surface area contributed by atoms with Gasteiger partial charge < -0.3 is 14.1 Å². The minimum absolute atomic E-state index is 0.494. The number of nitrogens with zero attached hydrogens (tertiary/aromatic N) is 5. The Morgan fingerprint density at radius 3 is 2.96 bits per heavy atom. The van der Waals surface area contributed by atoms with E-state index in [4.69, 9.17) is 4.52 Å². The largest absolute Gasteiger partial charge is 0.339 e. The van der Waals surface area contributed by atoms with E-state index < -0.39 is 0 Å². The number of hydrogen-bond acceptors (Lipinski definition) is 5. The third kappa shape index (κ3) is 3.90. The Morgan fingerprint density at radius 2 is 2.17 bits per heavy atom. The number of hydrogen-bond donors (Lipinski definition) is 1. The van der Waals surface area contributed by atoms with Crippen LogP contribution in [-0.2, 0) is 19.4 Å². The molecule has 3 aromatic heterocycles. The lowest BCUT2D eigenvalue weighted by Crippen LogP contribution is -2.03. The maximum absolute atomic E-state index is 5.30. The maximum Gasteiger partial charge on any atom is 0.226 e. The Bertz CT molecular complexity index is 769. The number of H-pyrrole nitrogens is 1. The van der Waals surface area contributed by atoms with Crippen LogP contribution in [0.1, 0.15) is 51.2 Å². The van der Waals surface area contributed by atoms with E-state index in [9.17, 15) is 0 Å². The molecule has 0 atom stereocenters. The summed E-state index contributed by atoms with van der Waals surface area (Å²) in [5.41, 5.74) is 0.914. The molecule has 0 aliphatic carbocycles. The van der Waals surface area contributed by atoms with Crippen LogP contribution < -0.4 is 0 Å². The molecule has 0 amide bonds. The van der Waals surface area contributed by atoms with Gasteiger partial charge in [0.2, 0.25) is 5.89 Å². The van der Waals surface area contributed by atoms with E-state index in [1.807, 2.05) is 17.0 Å². The van der Waals surface area contributed by atoms with Gasteiger partial charge in [-0.15, -0.1) is 0 Å². The Balaban J connectivity index is 1.73. The van der Waals surface area contributed by atoms with Crippen LogP contribution in [0.4, 0.5) is 0 Å². The summed E-state index contributed by atoms with van der Waals surface area (Å²) in [6.07, 6.45) is 9.57. The fraction of sp³-hybridized carbons (Fsp3) is 0.529. The third-order valence-electron chi connectivity index (χ3n) is 3.76. The second-order valence-corrected chi connectivity index (χ2v) is 6.43. The van der Waals surface area contributed by atoms with Gasteiger partial charge in [-0.05, 0) is 12.3 Å². The number of unbranched alkanes of at least 4 members (excludes halogenated alkanes) is 1. The Labute approximate surface area is 141 Å². The van der Waals surface area contributed by atoms with Crippen LogP contribution in [-0.4, -0.2) is 29.7 Å². The molecule has 24 heavy (non-hydrogen) atoms. The molecule has 0 fully saturated rings. The summed E-state index contributed by atoms with van der Waals surface area (Å²) in [5.74, 6) is 3.68. The van der Waals surface area contributed by atoms with Gasteiger partial charge in [-0.2, -0.15) is 4.98 Å². The monoisotopic (exact) mass is 328 g/mol. The molecule has 3 heterocycles. The summed E-state index contributed by atoms with van der Waals surface area (Å²) in [4.78, 5) is 16.7. The van der Waals surface area contributed by atoms with E-state index in [1.54, 1.807) is 6.20 Å². The molecular weight excluding hydrogens is 304 g/mol. The number of aromatic amines is 1. The summed E-state index contributed by atoms with van der Waals surface area (Å²) in [6.45, 7) is 6.97. The first-order valence-corrected chi connectivity index (χ1v) is 8.52. The summed E-state index contributed by atoms with van der Waals surface area (Å²) in [5, 5.41) is 4.06. The minimum atomic E-state index is 0.494. The van der Waals surface area contributed by atoms with Crippen molar-refractivity contribution >= 4 is 0 Å². The maximum atomic E-state index is 5.30. The molecule has 0 bridgehead atoms. The molecular formula is C17H24N6O. The first-order valence-electron chi connectivity index (χ1n) is 8.52. The highest BCUT2D eigenvalue weighted by Gasteiger charge is 2.13. The second-order valence-electron chi connectivity index (χ2n) is 6.43. The molecule has 0 spiro atoms. The number of aromatic nitrogens is 6. The highest BCUT2D eigenvalue weighted by Crippen LogP contribution is 2.17. The van der Waals surface area contributed by atoms with Crippen LogP contribution in [0.5, 0.6) is 0 Å². The number of imidazole rings is 2. The molecule has 7 heteroatoms. The number of rotatable bonds is 8. The Morgan fingerprint density at radius 1 is 1.29 bits per heavy atom. The molecule has 7 nitrogen and oxygen atoms in total. The molecule has 3 rings (SSSR count). The molecule has 0 unspecified atom stereocenters. The summed E-state index contributed by atoms with van der Waals surface area (Å²) >= 11 is 0. The lowest BCUT2D eigenvalue weighted by Gasteiger charge is -2.03. The van der Waals surface area contributed by atoms with E-state index in [0.29, 0.717) is 24.2 Å². The second kappa shape index (κ2) is 7.42. The SMILES string of the molecule is CCCCc1ncc(-c2nccn2Cc2noc(CC(C)C)n2)[nH]1. The van der Waals surface area contributed by atoms with Crippen molar-refractivity contribution in [1.82, 2.24) is 29.7 Å². The fourth-order valence-electron chi connectivity index (χ4n) is 2.57. The zero-order valence-electron chi connectivity index (χ0n) is 14.5. The van der Waals surface area contributed by atoms with Crippen molar-refractivity contribution in [2.24, 2.45) is 5.92 Å². The average Bonchev–Trinajstić information content (AvgIpc) is 3.26. The Kier molecular flexibility index (Phi) is 5.08. The molecule has 0 saturated carbocycles. The quantitative estimate of drug-likeness (QED) is 0.686. The van der Waals surface area contributed by atoms with Crippen LogP contribution in [0, 0.1) is 5.92 Å². The van der Waals surface area contributed by atoms with E-state index >= 15 is 0 Å². The van der Waals surface area contributed by atoms with Crippen molar-refractivity contribution in [3.8, 4) is 11.5 Å². The fourth-order valence-corrected chi connectivity index (χ4v) is 2.57. The molecule has 0 aliphatic heterocycles. The van der Waals surface area contributed by atoms with Gasteiger partial charge >= 0.3 is 0 Å². The topological polar surface area (TPSA) is 85.4 Å². The highest BCUT2D eigenvalue weighted by atomic mass is 16.5. The molecule has 0 saturated heterocycles.